The Balaban J connectivity index is 1.47. The van der Waals surface area contributed by atoms with Crippen LogP contribution in [0.5, 0.6) is 0 Å². The van der Waals surface area contributed by atoms with E-state index in [2.05, 4.69) is 10.3 Å². The maximum Gasteiger partial charge on any atom is 0.273 e. The lowest BCUT2D eigenvalue weighted by molar-refractivity contribution is 0.0934. The molecule has 1 amide bonds. The van der Waals surface area contributed by atoms with Gasteiger partial charge in [-0.2, -0.15) is 0 Å². The normalized spacial score (nSPS) is 12.0. The van der Waals surface area contributed by atoms with E-state index in [0.29, 0.717) is 24.5 Å². The Hall–Kier alpha value is -3.84. The van der Waals surface area contributed by atoms with Crippen LogP contribution < -0.4 is 5.32 Å². The zero-order chi connectivity index (χ0) is 23.9. The smallest absolute Gasteiger partial charge is 0.273 e. The predicted molar refractivity (Wildman–Crippen MR) is 125 cm³/mol. The zero-order valence-corrected chi connectivity index (χ0v) is 18.7. The van der Waals surface area contributed by atoms with Crippen LogP contribution in [-0.4, -0.2) is 15.8 Å². The number of carbonyl (C=O) groups excluding carboxylic acids is 1. The Morgan fingerprint density at radius 1 is 0.941 bits per heavy atom. The molecule has 0 aliphatic rings. The van der Waals surface area contributed by atoms with E-state index in [9.17, 15) is 13.6 Å². The van der Waals surface area contributed by atoms with Gasteiger partial charge < -0.3 is 9.73 Å². The summed E-state index contributed by atoms with van der Waals surface area (Å²) < 4.78 is 33.2. The second-order valence-corrected chi connectivity index (χ2v) is 8.10. The highest BCUT2D eigenvalue weighted by molar-refractivity contribution is 5.92. The number of nitrogens with one attached hydrogen (secondary N) is 1. The predicted octanol–water partition coefficient (Wildman–Crippen LogP) is 5.65. The SMILES string of the molecule is C[C@@H](NC(=O)c1coc(CN(Cc2ccc(F)cc2)Cc2ccccc2F)n1)c1ccccc1. The van der Waals surface area contributed by atoms with Gasteiger partial charge in [0.2, 0.25) is 5.89 Å². The number of nitrogens with zero attached hydrogens (tertiary/aromatic N) is 2. The molecular weight excluding hydrogens is 436 g/mol. The lowest BCUT2D eigenvalue weighted by Crippen LogP contribution is -2.27. The van der Waals surface area contributed by atoms with Crippen molar-refractivity contribution in [1.29, 1.82) is 0 Å². The van der Waals surface area contributed by atoms with Crippen LogP contribution >= 0.6 is 0 Å². The van der Waals surface area contributed by atoms with Gasteiger partial charge in [-0.15, -0.1) is 0 Å². The van der Waals surface area contributed by atoms with Crippen molar-refractivity contribution in [3.63, 3.8) is 0 Å². The third-order valence-electron chi connectivity index (χ3n) is 5.46. The third kappa shape index (κ3) is 6.14. The summed E-state index contributed by atoms with van der Waals surface area (Å²) in [5.74, 6) is -0.645. The van der Waals surface area contributed by atoms with E-state index >= 15 is 0 Å². The van der Waals surface area contributed by atoms with Crippen LogP contribution in [0.25, 0.3) is 0 Å². The van der Waals surface area contributed by atoms with Gasteiger partial charge in [0.15, 0.2) is 5.69 Å². The standard InChI is InChI=1S/C27H25F2N3O2/c1-19(21-7-3-2-4-8-21)30-27(33)25-18-34-26(31-25)17-32(15-20-11-13-23(28)14-12-20)16-22-9-5-6-10-24(22)29/h2-14,18-19H,15-17H2,1H3,(H,30,33)/t19-/m1/s1. The van der Waals surface area contributed by atoms with Gasteiger partial charge in [0.05, 0.1) is 12.6 Å². The van der Waals surface area contributed by atoms with Gasteiger partial charge >= 0.3 is 0 Å². The first-order valence-electron chi connectivity index (χ1n) is 11.0. The summed E-state index contributed by atoms with van der Waals surface area (Å²) in [5, 5.41) is 2.91. The topological polar surface area (TPSA) is 58.4 Å². The molecule has 0 bridgehead atoms. The van der Waals surface area contributed by atoms with E-state index in [-0.39, 0.29) is 35.8 Å². The lowest BCUT2D eigenvalue weighted by atomic mass is 10.1. The van der Waals surface area contributed by atoms with Crippen molar-refractivity contribution in [2.75, 3.05) is 0 Å². The van der Waals surface area contributed by atoms with Crippen molar-refractivity contribution in [3.05, 3.63) is 125 Å². The molecule has 34 heavy (non-hydrogen) atoms. The first kappa shape index (κ1) is 23.3. The van der Waals surface area contributed by atoms with Crippen molar-refractivity contribution < 1.29 is 18.0 Å². The summed E-state index contributed by atoms with van der Waals surface area (Å²) >= 11 is 0. The molecule has 4 rings (SSSR count). The second-order valence-electron chi connectivity index (χ2n) is 8.10. The third-order valence-corrected chi connectivity index (χ3v) is 5.46. The number of hydrogen-bond acceptors (Lipinski definition) is 4. The molecule has 0 radical (unpaired) electrons. The highest BCUT2D eigenvalue weighted by Gasteiger charge is 2.18. The first-order chi connectivity index (χ1) is 16.5. The van der Waals surface area contributed by atoms with Crippen molar-refractivity contribution in [2.45, 2.75) is 32.6 Å². The van der Waals surface area contributed by atoms with Crippen LogP contribution in [0.15, 0.2) is 89.5 Å². The van der Waals surface area contributed by atoms with Crippen LogP contribution in [0, 0.1) is 11.6 Å². The number of benzene rings is 3. The molecule has 0 fully saturated rings. The van der Waals surface area contributed by atoms with Crippen molar-refractivity contribution in [2.24, 2.45) is 0 Å². The minimum absolute atomic E-state index is 0.172. The fraction of sp³-hybridized carbons (Fsp3) is 0.185. The summed E-state index contributed by atoms with van der Waals surface area (Å²) in [6, 6.07) is 22.1. The molecule has 0 saturated carbocycles. The van der Waals surface area contributed by atoms with Crippen LogP contribution in [0.2, 0.25) is 0 Å². The number of halogens is 2. The number of oxazole rings is 1. The van der Waals surface area contributed by atoms with E-state index in [4.69, 9.17) is 4.42 Å². The van der Waals surface area contributed by atoms with Crippen LogP contribution in [0.4, 0.5) is 8.78 Å². The molecule has 0 aliphatic carbocycles. The number of rotatable bonds is 9. The molecule has 0 spiro atoms. The van der Waals surface area contributed by atoms with Crippen molar-refractivity contribution in [1.82, 2.24) is 15.2 Å². The molecule has 174 valence electrons. The Kier molecular flexibility index (Phi) is 7.44. The summed E-state index contributed by atoms with van der Waals surface area (Å²) in [5.41, 5.74) is 2.53. The lowest BCUT2D eigenvalue weighted by Gasteiger charge is -2.21. The van der Waals surface area contributed by atoms with Crippen LogP contribution in [0.3, 0.4) is 0 Å². The molecule has 5 nitrogen and oxygen atoms in total. The van der Waals surface area contributed by atoms with Gasteiger partial charge in [-0.05, 0) is 36.2 Å². The van der Waals surface area contributed by atoms with Gasteiger partial charge in [0.1, 0.15) is 17.9 Å². The Labute approximate surface area is 197 Å². The van der Waals surface area contributed by atoms with Crippen LogP contribution in [-0.2, 0) is 19.6 Å². The quantitative estimate of drug-likeness (QED) is 0.350. The summed E-state index contributed by atoms with van der Waals surface area (Å²) in [6.45, 7) is 2.85. The first-order valence-corrected chi connectivity index (χ1v) is 11.0. The molecule has 1 atom stereocenters. The number of carbonyl (C=O) groups is 1. The van der Waals surface area contributed by atoms with E-state index in [1.807, 2.05) is 42.2 Å². The van der Waals surface area contributed by atoms with E-state index in [1.165, 1.54) is 24.5 Å². The molecule has 0 unspecified atom stereocenters. The summed E-state index contributed by atoms with van der Waals surface area (Å²) in [6.07, 6.45) is 1.32. The van der Waals surface area contributed by atoms with Gasteiger partial charge in [-0.3, -0.25) is 9.69 Å². The maximum atomic E-state index is 14.3. The highest BCUT2D eigenvalue weighted by Crippen LogP contribution is 2.17. The molecule has 1 aromatic heterocycles. The van der Waals surface area contributed by atoms with Gasteiger partial charge in [0, 0.05) is 18.7 Å². The Morgan fingerprint density at radius 2 is 1.65 bits per heavy atom. The largest absolute Gasteiger partial charge is 0.447 e. The second kappa shape index (κ2) is 10.9. The number of hydrogen-bond donors (Lipinski definition) is 1. The molecule has 3 aromatic carbocycles. The number of amides is 1. The van der Waals surface area contributed by atoms with E-state index in [0.717, 1.165) is 11.1 Å². The Bertz CT molecular complexity index is 1230. The average molecular weight is 462 g/mol. The molecule has 0 saturated heterocycles. The van der Waals surface area contributed by atoms with Gasteiger partial charge in [0.25, 0.3) is 5.91 Å². The molecule has 1 heterocycles. The minimum Gasteiger partial charge on any atom is -0.447 e. The van der Waals surface area contributed by atoms with E-state index in [1.54, 1.807) is 30.3 Å². The summed E-state index contributed by atoms with van der Waals surface area (Å²) in [4.78, 5) is 18.9. The fourth-order valence-corrected chi connectivity index (χ4v) is 3.66. The summed E-state index contributed by atoms with van der Waals surface area (Å²) in [7, 11) is 0. The molecule has 1 N–H and O–H groups in total. The van der Waals surface area contributed by atoms with Gasteiger partial charge in [-0.25, -0.2) is 13.8 Å². The van der Waals surface area contributed by atoms with Gasteiger partial charge in [-0.1, -0.05) is 60.7 Å². The van der Waals surface area contributed by atoms with E-state index < -0.39 is 0 Å². The number of aromatic nitrogens is 1. The average Bonchev–Trinajstić information content (AvgIpc) is 3.31. The van der Waals surface area contributed by atoms with Crippen LogP contribution in [0.1, 0.15) is 46.0 Å². The Morgan fingerprint density at radius 3 is 2.38 bits per heavy atom. The zero-order valence-electron chi connectivity index (χ0n) is 18.7. The fourth-order valence-electron chi connectivity index (χ4n) is 3.66. The highest BCUT2D eigenvalue weighted by atomic mass is 19.1. The minimum atomic E-state index is -0.342. The molecular formula is C27H25F2N3O2. The maximum absolute atomic E-state index is 14.3. The van der Waals surface area contributed by atoms with Crippen molar-refractivity contribution in [3.8, 4) is 0 Å². The monoisotopic (exact) mass is 461 g/mol. The van der Waals surface area contributed by atoms with Crippen molar-refractivity contribution >= 4 is 5.91 Å². The molecule has 0 aliphatic heterocycles. The molecule has 7 heteroatoms. The molecule has 4 aromatic rings.